The minimum Gasteiger partial charge on any atom is -1.00 e. The van der Waals surface area contributed by atoms with E-state index in [2.05, 4.69) is 98.8 Å². The van der Waals surface area contributed by atoms with Crippen molar-refractivity contribution in [1.82, 2.24) is 0 Å². The third-order valence-electron chi connectivity index (χ3n) is 11.6. The molecule has 0 aromatic heterocycles. The van der Waals surface area contributed by atoms with E-state index in [1.54, 1.807) is 22.3 Å². The van der Waals surface area contributed by atoms with Gasteiger partial charge in [-0.05, 0) is 0 Å². The molecule has 0 N–H and O–H groups in total. The van der Waals surface area contributed by atoms with Crippen LogP contribution in [0.25, 0.3) is 33.7 Å². The third kappa shape index (κ3) is 4.78. The van der Waals surface area contributed by atoms with E-state index in [-0.39, 0.29) is 24.8 Å². The van der Waals surface area contributed by atoms with Crippen LogP contribution < -0.4 is 24.8 Å². The molecule has 8 rings (SSSR count). The Bertz CT molecular complexity index is 1590. The van der Waals surface area contributed by atoms with Crippen LogP contribution in [0.15, 0.2) is 83.9 Å². The molecule has 1 aliphatic heterocycles. The summed E-state index contributed by atoms with van der Waals surface area (Å²) in [6, 6.07) is 28.5. The van der Waals surface area contributed by atoms with Crippen molar-refractivity contribution in [3.63, 3.8) is 0 Å². The van der Waals surface area contributed by atoms with E-state index in [1.807, 2.05) is 11.1 Å². The first-order chi connectivity index (χ1) is 20.3. The Balaban J connectivity index is 0.00000165. The van der Waals surface area contributed by atoms with Gasteiger partial charge in [0.25, 0.3) is 0 Å². The maximum atomic E-state index is 2.73. The maximum Gasteiger partial charge on any atom is -1.00 e. The second kappa shape index (κ2) is 12.6. The molecule has 0 radical (unpaired) electrons. The molecule has 43 heavy (non-hydrogen) atoms. The van der Waals surface area contributed by atoms with Crippen LogP contribution in [0.5, 0.6) is 0 Å². The minimum absolute atomic E-state index is 0. The average Bonchev–Trinajstić information content (AvgIpc) is 3.31. The summed E-state index contributed by atoms with van der Waals surface area (Å²) in [7, 11) is 0. The summed E-state index contributed by atoms with van der Waals surface area (Å²) in [6.07, 6.45) is 19.3. The number of hydrogen-bond donors (Lipinski definition) is 0. The van der Waals surface area contributed by atoms with Crippen LogP contribution in [-0.2, 0) is 20.0 Å². The fourth-order valence-corrected chi connectivity index (χ4v) is 45.4. The van der Waals surface area contributed by atoms with Crippen molar-refractivity contribution in [2.75, 3.05) is 0 Å². The van der Waals surface area contributed by atoms with Gasteiger partial charge < -0.3 is 24.8 Å². The Kier molecular flexibility index (Phi) is 9.19. The number of unbranched alkanes of at least 4 members (excludes halogenated alkanes) is 2. The van der Waals surface area contributed by atoms with Crippen molar-refractivity contribution >= 4 is 33.7 Å². The molecule has 4 aromatic carbocycles. The molecule has 4 aliphatic rings. The minimum atomic E-state index is -3.11. The van der Waals surface area contributed by atoms with E-state index in [9.17, 15) is 0 Å². The molecule has 0 amide bonds. The van der Waals surface area contributed by atoms with Crippen molar-refractivity contribution < 1.29 is 44.8 Å². The first kappa shape index (κ1) is 31.3. The zero-order chi connectivity index (χ0) is 27.6. The van der Waals surface area contributed by atoms with Gasteiger partial charge in [0.2, 0.25) is 0 Å². The van der Waals surface area contributed by atoms with Gasteiger partial charge >= 0.3 is 253 Å². The van der Waals surface area contributed by atoms with E-state index in [1.165, 1.54) is 85.8 Å². The SMILES string of the molecule is CCCCC1=Cc2c(ccc3ccccc23)[CH]1[Hf+2]1([CH]2C(CCCC)=Cc3c2ccc2ccccc32)[CH]2CCCC[CH]21.[Cl-].[Cl-]. The Hall–Kier alpha value is -1.67. The van der Waals surface area contributed by atoms with Crippen LogP contribution in [0.4, 0.5) is 0 Å². The van der Waals surface area contributed by atoms with Crippen LogP contribution in [0.2, 0.25) is 7.35 Å². The molecule has 3 heteroatoms. The zero-order valence-corrected chi connectivity index (χ0v) is 30.8. The van der Waals surface area contributed by atoms with Gasteiger partial charge in [-0.3, -0.25) is 0 Å². The van der Waals surface area contributed by atoms with Gasteiger partial charge in [0.05, 0.1) is 0 Å². The van der Waals surface area contributed by atoms with Gasteiger partial charge in [-0.2, -0.15) is 0 Å². The summed E-state index contributed by atoms with van der Waals surface area (Å²) < 4.78 is 3.68. The van der Waals surface area contributed by atoms with Crippen molar-refractivity contribution in [2.24, 2.45) is 0 Å². The average molecular weight is 774 g/mol. The summed E-state index contributed by atoms with van der Waals surface area (Å²) in [5.74, 6) is 0. The summed E-state index contributed by atoms with van der Waals surface area (Å²) in [4.78, 5) is 0. The Morgan fingerprint density at radius 1 is 0.581 bits per heavy atom. The number of halogens is 2. The van der Waals surface area contributed by atoms with Crippen LogP contribution in [-0.4, -0.2) is 0 Å². The van der Waals surface area contributed by atoms with Crippen LogP contribution in [0, 0.1) is 0 Å². The Labute approximate surface area is 275 Å². The summed E-state index contributed by atoms with van der Waals surface area (Å²) in [5, 5.41) is 5.82. The largest absolute Gasteiger partial charge is 1.00 e. The van der Waals surface area contributed by atoms with Crippen molar-refractivity contribution in [3.8, 4) is 0 Å². The standard InChI is InChI=1S/2C17H17.C6H10.2ClH.Hf/c2*1-2-3-6-13-11-15-10-9-14-7-4-5-8-16(14)17(15)12-13;1-2-4-6-5-3-1;;;/h2*4-5,7-12H,2-3,6H2,1H3;1-2H,3-6H2;2*1H;/q;;;;;+2/p-2. The van der Waals surface area contributed by atoms with Crippen LogP contribution >= 0.6 is 0 Å². The van der Waals surface area contributed by atoms with E-state index in [4.69, 9.17) is 0 Å². The summed E-state index contributed by atoms with van der Waals surface area (Å²) in [6.45, 7) is 4.77. The van der Waals surface area contributed by atoms with Gasteiger partial charge in [-0.1, -0.05) is 0 Å². The number of allylic oxidation sites excluding steroid dienone is 2. The molecular formula is C40H44Cl2Hf. The van der Waals surface area contributed by atoms with Gasteiger partial charge in [0, 0.05) is 0 Å². The van der Waals surface area contributed by atoms with E-state index >= 15 is 0 Å². The second-order valence-electron chi connectivity index (χ2n) is 13.6. The monoisotopic (exact) mass is 774 g/mol. The smallest absolute Gasteiger partial charge is 1.00 e. The fraction of sp³-hybridized carbons (Fsp3) is 0.400. The van der Waals surface area contributed by atoms with Gasteiger partial charge in [0.1, 0.15) is 0 Å². The molecule has 1 heterocycles. The van der Waals surface area contributed by atoms with E-state index in [0.29, 0.717) is 0 Å². The molecule has 3 aliphatic carbocycles. The molecular weight excluding hydrogens is 730 g/mol. The Morgan fingerprint density at radius 3 is 1.47 bits per heavy atom. The molecule has 1 saturated carbocycles. The van der Waals surface area contributed by atoms with Gasteiger partial charge in [-0.25, -0.2) is 0 Å². The number of hydrogen-bond acceptors (Lipinski definition) is 0. The maximum absolute atomic E-state index is 3.11. The number of fused-ring (bicyclic) bond motifs is 7. The predicted molar refractivity (Wildman–Crippen MR) is 174 cm³/mol. The fourth-order valence-electron chi connectivity index (χ4n) is 10.0. The normalized spacial score (nSPS) is 25.1. The molecule has 4 aromatic rings. The molecule has 0 bridgehead atoms. The third-order valence-corrected chi connectivity index (χ3v) is 36.5. The van der Waals surface area contributed by atoms with E-state index < -0.39 is 20.0 Å². The van der Waals surface area contributed by atoms with Crippen molar-refractivity contribution in [1.29, 1.82) is 0 Å². The Morgan fingerprint density at radius 2 is 1.02 bits per heavy atom. The molecule has 1 saturated heterocycles. The first-order valence-electron chi connectivity index (χ1n) is 16.7. The topological polar surface area (TPSA) is 0 Å². The molecule has 0 spiro atoms. The van der Waals surface area contributed by atoms with Crippen molar-refractivity contribution in [2.45, 2.75) is 92.8 Å². The molecule has 0 nitrogen and oxygen atoms in total. The van der Waals surface area contributed by atoms with E-state index in [0.717, 1.165) is 14.7 Å². The molecule has 4 unspecified atom stereocenters. The van der Waals surface area contributed by atoms with Gasteiger partial charge in [0.15, 0.2) is 0 Å². The van der Waals surface area contributed by atoms with Gasteiger partial charge in [-0.15, -0.1) is 0 Å². The molecule has 222 valence electrons. The summed E-state index contributed by atoms with van der Waals surface area (Å²) >= 11 is -3.11. The number of benzene rings is 4. The quantitative estimate of drug-likeness (QED) is 0.185. The van der Waals surface area contributed by atoms with Crippen LogP contribution in [0.3, 0.4) is 0 Å². The van der Waals surface area contributed by atoms with Crippen LogP contribution in [0.1, 0.15) is 108 Å². The molecule has 2 fully saturated rings. The zero-order valence-electron chi connectivity index (χ0n) is 25.7. The molecule has 4 atom stereocenters. The summed E-state index contributed by atoms with van der Waals surface area (Å²) in [5.41, 5.74) is 10.4. The first-order valence-corrected chi connectivity index (χ1v) is 25.0. The van der Waals surface area contributed by atoms with Crippen molar-refractivity contribution in [3.05, 3.63) is 106 Å². The second-order valence-corrected chi connectivity index (χ2v) is 30.3. The number of rotatable bonds is 8. The predicted octanol–water partition coefficient (Wildman–Crippen LogP) is 6.28.